The average molecular weight is 205 g/mol. The van der Waals surface area contributed by atoms with E-state index in [0.29, 0.717) is 5.92 Å². The van der Waals surface area contributed by atoms with Crippen molar-refractivity contribution in [2.75, 3.05) is 7.11 Å². The average Bonchev–Trinajstić information content (AvgIpc) is 2.27. The lowest BCUT2D eigenvalue weighted by molar-refractivity contribution is 0.295. The lowest BCUT2D eigenvalue weighted by Crippen LogP contribution is -1.94. The Balaban J connectivity index is 2.99. The van der Waals surface area contributed by atoms with Gasteiger partial charge in [0.15, 0.2) is 0 Å². The van der Waals surface area contributed by atoms with Crippen LogP contribution in [0.2, 0.25) is 0 Å². The van der Waals surface area contributed by atoms with Crippen LogP contribution in [-0.4, -0.2) is 12.1 Å². The molecule has 1 heterocycles. The summed E-state index contributed by atoms with van der Waals surface area (Å²) in [6.45, 7) is 8.31. The van der Waals surface area contributed by atoms with Crippen molar-refractivity contribution in [2.45, 2.75) is 33.6 Å². The van der Waals surface area contributed by atoms with Crippen LogP contribution in [0.1, 0.15) is 44.9 Å². The third-order valence-electron chi connectivity index (χ3n) is 2.67. The predicted octanol–water partition coefficient (Wildman–Crippen LogP) is 3.60. The zero-order chi connectivity index (χ0) is 11.4. The molecule has 0 spiro atoms. The van der Waals surface area contributed by atoms with E-state index >= 15 is 0 Å². The molecule has 2 nitrogen and oxygen atoms in total. The highest BCUT2D eigenvalue weighted by Crippen LogP contribution is 2.19. The van der Waals surface area contributed by atoms with E-state index in [-0.39, 0.29) is 0 Å². The fraction of sp³-hybridized carbons (Fsp3) is 0.462. The Kier molecular flexibility index (Phi) is 3.89. The maximum absolute atomic E-state index is 5.18. The highest BCUT2D eigenvalue weighted by molar-refractivity contribution is 5.62. The molecule has 0 amide bonds. The Labute approximate surface area is 92.0 Å². The first-order valence-corrected chi connectivity index (χ1v) is 5.24. The van der Waals surface area contributed by atoms with E-state index in [1.807, 2.05) is 26.1 Å². The summed E-state index contributed by atoms with van der Waals surface area (Å²) < 4.78 is 5.18. The second-order valence-corrected chi connectivity index (χ2v) is 4.02. The number of allylic oxidation sites excluding steroid dienone is 2. The highest BCUT2D eigenvalue weighted by atomic mass is 16.5. The number of hydrogen-bond donors (Lipinski definition) is 0. The number of hydrogen-bond acceptors (Lipinski definition) is 2. The van der Waals surface area contributed by atoms with E-state index < -0.39 is 0 Å². The Morgan fingerprint density at radius 1 is 1.27 bits per heavy atom. The Morgan fingerprint density at radius 3 is 2.33 bits per heavy atom. The Hall–Kier alpha value is -1.31. The summed E-state index contributed by atoms with van der Waals surface area (Å²) in [5, 5.41) is 0. The molecule has 0 radical (unpaired) electrons. The van der Waals surface area contributed by atoms with Gasteiger partial charge in [0.1, 0.15) is 0 Å². The van der Waals surface area contributed by atoms with E-state index in [2.05, 4.69) is 24.9 Å². The molecule has 1 aromatic rings. The lowest BCUT2D eigenvalue weighted by Gasteiger charge is -2.08. The van der Waals surface area contributed by atoms with Crippen molar-refractivity contribution < 1.29 is 4.74 Å². The normalized spacial score (nSPS) is 12.7. The van der Waals surface area contributed by atoms with Gasteiger partial charge in [-0.3, -0.25) is 4.98 Å². The summed E-state index contributed by atoms with van der Waals surface area (Å²) >= 11 is 0. The molecule has 0 aliphatic rings. The van der Waals surface area contributed by atoms with Crippen LogP contribution in [0.15, 0.2) is 24.1 Å². The fourth-order valence-electron chi connectivity index (χ4n) is 1.30. The van der Waals surface area contributed by atoms with Crippen molar-refractivity contribution in [1.82, 2.24) is 4.98 Å². The van der Waals surface area contributed by atoms with E-state index in [1.165, 1.54) is 5.56 Å². The molecule has 0 fully saturated rings. The molecule has 0 bridgehead atoms. The first kappa shape index (κ1) is 11.8. The summed E-state index contributed by atoms with van der Waals surface area (Å²) in [5.41, 5.74) is 3.34. The van der Waals surface area contributed by atoms with Gasteiger partial charge in [-0.1, -0.05) is 19.9 Å². The molecule has 0 saturated heterocycles. The van der Waals surface area contributed by atoms with Crippen molar-refractivity contribution in [1.29, 1.82) is 0 Å². The van der Waals surface area contributed by atoms with Gasteiger partial charge in [0.05, 0.1) is 18.6 Å². The maximum atomic E-state index is 5.18. The van der Waals surface area contributed by atoms with Crippen LogP contribution in [0.5, 0.6) is 0 Å². The van der Waals surface area contributed by atoms with Crippen molar-refractivity contribution in [2.24, 2.45) is 0 Å². The van der Waals surface area contributed by atoms with Crippen LogP contribution < -0.4 is 0 Å². The summed E-state index contributed by atoms with van der Waals surface area (Å²) in [6, 6.07) is 4.17. The van der Waals surface area contributed by atoms with Crippen molar-refractivity contribution in [3.63, 3.8) is 0 Å². The van der Waals surface area contributed by atoms with Crippen molar-refractivity contribution in [3.8, 4) is 0 Å². The van der Waals surface area contributed by atoms with Crippen molar-refractivity contribution in [3.05, 3.63) is 35.3 Å². The molecule has 82 valence electrons. The number of nitrogens with zero attached hydrogens (tertiary/aromatic N) is 1. The molecule has 1 aromatic heterocycles. The Bertz CT molecular complexity index is 349. The maximum Gasteiger partial charge on any atom is 0.0975 e. The van der Waals surface area contributed by atoms with Crippen LogP contribution in [-0.2, 0) is 4.74 Å². The summed E-state index contributed by atoms with van der Waals surface area (Å²) in [4.78, 5) is 4.43. The molecule has 0 unspecified atom stereocenters. The summed E-state index contributed by atoms with van der Waals surface area (Å²) in [6.07, 6.45) is 1.94. The largest absolute Gasteiger partial charge is 0.501 e. The molecule has 0 atom stereocenters. The van der Waals surface area contributed by atoms with Crippen LogP contribution in [0.3, 0.4) is 0 Å². The molecule has 0 saturated carbocycles. The van der Waals surface area contributed by atoms with Gasteiger partial charge < -0.3 is 4.74 Å². The van der Waals surface area contributed by atoms with Crippen LogP contribution in [0.4, 0.5) is 0 Å². The van der Waals surface area contributed by atoms with Gasteiger partial charge in [0, 0.05) is 11.8 Å². The standard InChI is InChI=1S/C13H19NO/c1-9(2)12-6-7-13(14-8-12)10(3)11(4)15-5/h6-9H,1-5H3/b11-10-. The number of aromatic nitrogens is 1. The molecule has 0 aliphatic carbocycles. The van der Waals surface area contributed by atoms with E-state index in [0.717, 1.165) is 17.0 Å². The summed E-state index contributed by atoms with van der Waals surface area (Å²) in [5.74, 6) is 1.44. The molecule has 15 heavy (non-hydrogen) atoms. The van der Waals surface area contributed by atoms with Gasteiger partial charge in [-0.25, -0.2) is 0 Å². The van der Waals surface area contributed by atoms with E-state index in [4.69, 9.17) is 4.74 Å². The van der Waals surface area contributed by atoms with Gasteiger partial charge in [-0.15, -0.1) is 0 Å². The number of rotatable bonds is 3. The van der Waals surface area contributed by atoms with Crippen molar-refractivity contribution >= 4 is 5.57 Å². The van der Waals surface area contributed by atoms with Crippen LogP contribution in [0.25, 0.3) is 5.57 Å². The number of methoxy groups -OCH3 is 1. The predicted molar refractivity (Wildman–Crippen MR) is 63.6 cm³/mol. The van der Waals surface area contributed by atoms with Gasteiger partial charge in [-0.2, -0.15) is 0 Å². The van der Waals surface area contributed by atoms with Gasteiger partial charge in [0.25, 0.3) is 0 Å². The first-order valence-electron chi connectivity index (χ1n) is 5.24. The molecule has 1 rings (SSSR count). The highest BCUT2D eigenvalue weighted by Gasteiger charge is 2.04. The minimum absolute atomic E-state index is 0.527. The van der Waals surface area contributed by atoms with Gasteiger partial charge >= 0.3 is 0 Å². The zero-order valence-electron chi connectivity index (χ0n) is 10.2. The SMILES string of the molecule is CO/C(C)=C(/C)c1ccc(C(C)C)cn1. The lowest BCUT2D eigenvalue weighted by atomic mass is 10.0. The molecule has 0 aromatic carbocycles. The Morgan fingerprint density at radius 2 is 1.93 bits per heavy atom. The number of ether oxygens (including phenoxy) is 1. The minimum Gasteiger partial charge on any atom is -0.501 e. The van der Waals surface area contributed by atoms with Gasteiger partial charge in [0.2, 0.25) is 0 Å². The first-order chi connectivity index (χ1) is 7.06. The summed E-state index contributed by atoms with van der Waals surface area (Å²) in [7, 11) is 1.68. The zero-order valence-corrected chi connectivity index (χ0v) is 10.2. The molecular formula is C13H19NO. The third-order valence-corrected chi connectivity index (χ3v) is 2.67. The fourth-order valence-corrected chi connectivity index (χ4v) is 1.30. The monoisotopic (exact) mass is 205 g/mol. The molecular weight excluding hydrogens is 186 g/mol. The molecule has 2 heteroatoms. The topological polar surface area (TPSA) is 22.1 Å². The minimum atomic E-state index is 0.527. The van der Waals surface area contributed by atoms with Crippen LogP contribution in [0, 0.1) is 0 Å². The third kappa shape index (κ3) is 2.82. The van der Waals surface area contributed by atoms with Gasteiger partial charge in [-0.05, 0) is 31.4 Å². The van der Waals surface area contributed by atoms with E-state index in [9.17, 15) is 0 Å². The molecule has 0 aliphatic heterocycles. The van der Waals surface area contributed by atoms with E-state index in [1.54, 1.807) is 7.11 Å². The second kappa shape index (κ2) is 4.96. The second-order valence-electron chi connectivity index (χ2n) is 4.02. The quantitative estimate of drug-likeness (QED) is 0.703. The van der Waals surface area contributed by atoms with Crippen LogP contribution >= 0.6 is 0 Å². The smallest absolute Gasteiger partial charge is 0.0975 e. The number of pyridine rings is 1. The molecule has 0 N–H and O–H groups in total.